The number of rotatable bonds is 9. The van der Waals surface area contributed by atoms with Gasteiger partial charge in [-0.3, -0.25) is 0 Å². The molecule has 1 fully saturated rings. The van der Waals surface area contributed by atoms with Crippen LogP contribution in [0.1, 0.15) is 41.2 Å². The molecule has 1 aliphatic rings. The van der Waals surface area contributed by atoms with Crippen LogP contribution in [0.15, 0.2) is 97.2 Å². The molecule has 0 bridgehead atoms. The predicted octanol–water partition coefficient (Wildman–Crippen LogP) is 5.72. The molecule has 0 amide bonds. The van der Waals surface area contributed by atoms with E-state index in [0.717, 1.165) is 35.1 Å². The quantitative estimate of drug-likeness (QED) is 0.284. The van der Waals surface area contributed by atoms with Crippen molar-refractivity contribution in [3.63, 3.8) is 0 Å². The molecule has 36 heavy (non-hydrogen) atoms. The highest BCUT2D eigenvalue weighted by molar-refractivity contribution is 5.47. The van der Waals surface area contributed by atoms with Crippen LogP contribution in [0.3, 0.4) is 0 Å². The number of ether oxygens (including phenoxy) is 4. The third-order valence-electron chi connectivity index (χ3n) is 6.62. The minimum absolute atomic E-state index is 0.0858. The van der Waals surface area contributed by atoms with E-state index in [-0.39, 0.29) is 18.2 Å². The molecule has 6 nitrogen and oxygen atoms in total. The summed E-state index contributed by atoms with van der Waals surface area (Å²) in [4.78, 5) is 8.57. The lowest BCUT2D eigenvalue weighted by Gasteiger charge is -2.36. The van der Waals surface area contributed by atoms with Crippen LogP contribution in [0.4, 0.5) is 0 Å². The van der Waals surface area contributed by atoms with E-state index in [1.54, 1.807) is 13.3 Å². The Labute approximate surface area is 211 Å². The maximum atomic E-state index is 6.94. The molecule has 4 aromatic rings. The second kappa shape index (κ2) is 10.9. The topological polar surface area (TPSA) is 62.7 Å². The van der Waals surface area contributed by atoms with Gasteiger partial charge in [0.05, 0.1) is 38.6 Å². The summed E-state index contributed by atoms with van der Waals surface area (Å²) in [7, 11) is 3.13. The molecule has 0 N–H and O–H groups in total. The minimum Gasteiger partial charge on any atom is -0.481 e. The van der Waals surface area contributed by atoms with E-state index < -0.39 is 5.60 Å². The monoisotopic (exact) mass is 482 g/mol. The molecule has 5 rings (SSSR count). The first-order valence-corrected chi connectivity index (χ1v) is 12.2. The van der Waals surface area contributed by atoms with Gasteiger partial charge in [-0.05, 0) is 29.5 Å². The summed E-state index contributed by atoms with van der Waals surface area (Å²) >= 11 is 0. The zero-order valence-corrected chi connectivity index (χ0v) is 20.5. The zero-order valence-electron chi connectivity index (χ0n) is 20.5. The highest BCUT2D eigenvalue weighted by atomic mass is 16.6. The van der Waals surface area contributed by atoms with Crippen molar-refractivity contribution in [3.05, 3.63) is 119 Å². The first-order valence-electron chi connectivity index (χ1n) is 12.2. The second-order valence-corrected chi connectivity index (χ2v) is 8.74. The van der Waals surface area contributed by atoms with Gasteiger partial charge in [0, 0.05) is 6.20 Å². The fourth-order valence-electron chi connectivity index (χ4n) is 4.89. The van der Waals surface area contributed by atoms with E-state index in [1.807, 2.05) is 18.2 Å². The van der Waals surface area contributed by atoms with E-state index in [4.69, 9.17) is 18.9 Å². The van der Waals surface area contributed by atoms with Gasteiger partial charge in [-0.2, -0.15) is 4.98 Å². The summed E-state index contributed by atoms with van der Waals surface area (Å²) in [5.41, 5.74) is 3.26. The van der Waals surface area contributed by atoms with Gasteiger partial charge in [0.25, 0.3) is 0 Å². The van der Waals surface area contributed by atoms with Crippen LogP contribution in [0, 0.1) is 0 Å². The van der Waals surface area contributed by atoms with E-state index >= 15 is 0 Å². The van der Waals surface area contributed by atoms with Crippen molar-refractivity contribution < 1.29 is 18.9 Å². The number of methoxy groups -OCH3 is 2. The first kappa shape index (κ1) is 24.0. The van der Waals surface area contributed by atoms with Crippen LogP contribution in [0.25, 0.3) is 0 Å². The summed E-state index contributed by atoms with van der Waals surface area (Å²) in [6, 6.07) is 31.4. The van der Waals surface area contributed by atoms with Gasteiger partial charge in [0.2, 0.25) is 5.88 Å². The summed E-state index contributed by atoms with van der Waals surface area (Å²) in [6.45, 7) is 0.425. The average Bonchev–Trinajstić information content (AvgIpc) is 3.43. The summed E-state index contributed by atoms with van der Waals surface area (Å²) in [5.74, 6) is 0.473. The Morgan fingerprint density at radius 3 is 1.83 bits per heavy atom. The Hall–Kier alpha value is -3.74. The first-order chi connectivity index (χ1) is 17.7. The third kappa shape index (κ3) is 4.70. The smallest absolute Gasteiger partial charge is 0.319 e. The Bertz CT molecular complexity index is 1160. The zero-order chi connectivity index (χ0) is 24.8. The third-order valence-corrected chi connectivity index (χ3v) is 6.62. The number of aromatic nitrogens is 2. The summed E-state index contributed by atoms with van der Waals surface area (Å²) < 4.78 is 24.0. The lowest BCUT2D eigenvalue weighted by Crippen LogP contribution is -2.35. The van der Waals surface area contributed by atoms with Gasteiger partial charge in [0.1, 0.15) is 5.60 Å². The molecule has 0 radical (unpaired) electrons. The second-order valence-electron chi connectivity index (χ2n) is 8.74. The van der Waals surface area contributed by atoms with E-state index in [1.165, 1.54) is 7.11 Å². The van der Waals surface area contributed by atoms with Crippen LogP contribution >= 0.6 is 0 Å². The van der Waals surface area contributed by atoms with Gasteiger partial charge >= 0.3 is 6.01 Å². The van der Waals surface area contributed by atoms with Crippen LogP contribution in [0.5, 0.6) is 11.9 Å². The summed E-state index contributed by atoms with van der Waals surface area (Å²) in [5, 5.41) is 0. The van der Waals surface area contributed by atoms with E-state index in [9.17, 15) is 0 Å². The highest BCUT2D eigenvalue weighted by Crippen LogP contribution is 2.42. The molecule has 2 atom stereocenters. The molecule has 0 unspecified atom stereocenters. The van der Waals surface area contributed by atoms with Crippen molar-refractivity contribution in [1.29, 1.82) is 0 Å². The minimum atomic E-state index is -0.772. The molecular weight excluding hydrogens is 452 g/mol. The van der Waals surface area contributed by atoms with Gasteiger partial charge < -0.3 is 18.9 Å². The summed E-state index contributed by atoms with van der Waals surface area (Å²) in [6.07, 6.45) is 3.15. The molecule has 184 valence electrons. The van der Waals surface area contributed by atoms with E-state index in [0.29, 0.717) is 12.5 Å². The van der Waals surface area contributed by atoms with Crippen molar-refractivity contribution >= 4 is 0 Å². The lowest BCUT2D eigenvalue weighted by molar-refractivity contribution is -0.0626. The Morgan fingerprint density at radius 1 is 0.778 bits per heavy atom. The highest BCUT2D eigenvalue weighted by Gasteiger charge is 2.39. The van der Waals surface area contributed by atoms with Gasteiger partial charge in [-0.25, -0.2) is 4.98 Å². The predicted molar refractivity (Wildman–Crippen MR) is 137 cm³/mol. The fraction of sp³-hybridized carbons (Fsp3) is 0.267. The number of hydrogen-bond donors (Lipinski definition) is 0. The van der Waals surface area contributed by atoms with Gasteiger partial charge in [0.15, 0.2) is 0 Å². The number of benzene rings is 3. The van der Waals surface area contributed by atoms with Crippen molar-refractivity contribution in [2.24, 2.45) is 0 Å². The molecule has 1 aliphatic heterocycles. The largest absolute Gasteiger partial charge is 0.481 e. The molecule has 3 aromatic carbocycles. The van der Waals surface area contributed by atoms with Crippen molar-refractivity contribution in [2.75, 3.05) is 20.8 Å². The van der Waals surface area contributed by atoms with E-state index in [2.05, 4.69) is 82.8 Å². The van der Waals surface area contributed by atoms with Crippen molar-refractivity contribution in [2.45, 2.75) is 30.7 Å². The van der Waals surface area contributed by atoms with Crippen LogP contribution in [0.2, 0.25) is 0 Å². The van der Waals surface area contributed by atoms with Crippen LogP contribution in [-0.2, 0) is 15.1 Å². The standard InChI is InChI=1S/C30H30N2O4/c1-33-28-26(20-31-29(32-28)34-2)27-19-18-25(36-27)21-35-30(22-12-6-3-7-13-22,23-14-8-4-9-15-23)24-16-10-5-11-17-24/h3-17,20,25,27H,18-19,21H2,1-2H3/t25-,27+/m1/s1. The van der Waals surface area contributed by atoms with Crippen molar-refractivity contribution in [1.82, 2.24) is 9.97 Å². The van der Waals surface area contributed by atoms with Gasteiger partial charge in [-0.1, -0.05) is 91.0 Å². The molecule has 6 heteroatoms. The van der Waals surface area contributed by atoms with Crippen LogP contribution < -0.4 is 9.47 Å². The molecule has 2 heterocycles. The maximum absolute atomic E-state index is 6.94. The SMILES string of the molecule is COc1ncc([C@@H]2CC[C@H](COC(c3ccccc3)(c3ccccc3)c3ccccc3)O2)c(OC)n1. The molecule has 0 aliphatic carbocycles. The number of nitrogens with zero attached hydrogens (tertiary/aromatic N) is 2. The Morgan fingerprint density at radius 2 is 1.33 bits per heavy atom. The maximum Gasteiger partial charge on any atom is 0.319 e. The Kier molecular flexibility index (Phi) is 7.26. The lowest BCUT2D eigenvalue weighted by atomic mass is 9.80. The molecule has 1 aromatic heterocycles. The number of hydrogen-bond acceptors (Lipinski definition) is 6. The Balaban J connectivity index is 1.44. The normalized spacial score (nSPS) is 17.6. The molecule has 1 saturated heterocycles. The van der Waals surface area contributed by atoms with Crippen LogP contribution in [-0.4, -0.2) is 36.9 Å². The average molecular weight is 483 g/mol. The molecular formula is C30H30N2O4. The van der Waals surface area contributed by atoms with Crippen molar-refractivity contribution in [3.8, 4) is 11.9 Å². The fourth-order valence-corrected chi connectivity index (χ4v) is 4.89. The molecule has 0 spiro atoms. The van der Waals surface area contributed by atoms with Gasteiger partial charge in [-0.15, -0.1) is 0 Å². The molecule has 0 saturated carbocycles.